The molecule has 9 heteroatoms. The van der Waals surface area contributed by atoms with Crippen molar-refractivity contribution in [2.24, 2.45) is 11.8 Å². The molecule has 0 saturated carbocycles. The van der Waals surface area contributed by atoms with Crippen LogP contribution in [-0.4, -0.2) is 58.5 Å². The van der Waals surface area contributed by atoms with Crippen molar-refractivity contribution in [1.29, 1.82) is 0 Å². The van der Waals surface area contributed by atoms with Gasteiger partial charge in [0.1, 0.15) is 6.04 Å². The summed E-state index contributed by atoms with van der Waals surface area (Å²) in [6.07, 6.45) is 1.22. The molecule has 0 aliphatic carbocycles. The number of aliphatic carboxylic acids is 1. The van der Waals surface area contributed by atoms with E-state index < -0.39 is 19.1 Å². The number of piperazine rings is 1. The average molecular weight is 435 g/mol. The predicted molar refractivity (Wildman–Crippen MR) is 123 cm³/mol. The molecule has 1 aliphatic heterocycles. The molecule has 4 N–H and O–H groups in total. The van der Waals surface area contributed by atoms with Crippen LogP contribution >= 0.6 is 0 Å². The molecular formula is C22H38BN3O5. The fourth-order valence-electron chi connectivity index (χ4n) is 3.34. The zero-order chi connectivity index (χ0) is 23.6. The summed E-state index contributed by atoms with van der Waals surface area (Å²) in [4.78, 5) is 36.3. The summed E-state index contributed by atoms with van der Waals surface area (Å²) in [5, 5.41) is 23.0. The van der Waals surface area contributed by atoms with E-state index in [2.05, 4.69) is 24.4 Å². The second kappa shape index (κ2) is 13.1. The Hall–Kier alpha value is -2.39. The number of nitrogens with zero attached hydrogens (tertiary/aromatic N) is 1. The van der Waals surface area contributed by atoms with Crippen LogP contribution in [0.2, 0.25) is 6.82 Å². The normalized spacial score (nSPS) is 17.2. The maximum Gasteiger partial charge on any atom is 0.374 e. The quantitative estimate of drug-likeness (QED) is 0.441. The van der Waals surface area contributed by atoms with Gasteiger partial charge in [0.2, 0.25) is 11.8 Å². The average Bonchev–Trinajstić information content (AvgIpc) is 2.65. The largest absolute Gasteiger partial charge is 0.480 e. The van der Waals surface area contributed by atoms with Crippen molar-refractivity contribution >= 4 is 24.8 Å². The van der Waals surface area contributed by atoms with Gasteiger partial charge in [-0.2, -0.15) is 0 Å². The molecule has 2 rings (SSSR count). The van der Waals surface area contributed by atoms with Crippen molar-refractivity contribution in [2.45, 2.75) is 66.0 Å². The second-order valence-corrected chi connectivity index (χ2v) is 8.79. The first-order valence-electron chi connectivity index (χ1n) is 10.8. The second-order valence-electron chi connectivity index (χ2n) is 8.79. The fourth-order valence-corrected chi connectivity index (χ4v) is 3.34. The number of carboxylic acids is 1. The van der Waals surface area contributed by atoms with Crippen molar-refractivity contribution < 1.29 is 25.9 Å². The number of amides is 2. The third-order valence-electron chi connectivity index (χ3n) is 4.65. The van der Waals surface area contributed by atoms with E-state index in [4.69, 9.17) is 10.1 Å². The monoisotopic (exact) mass is 435 g/mol. The Bertz CT molecular complexity index is 709. The SMILES string of the molecule is CB(O)N[C@@H](CC(C)C)C(=O)O.CC(C)CC1NC(=O)CN(Cc2ccccc2)C1=O.[HH]. The summed E-state index contributed by atoms with van der Waals surface area (Å²) in [7, 11) is -0.773. The van der Waals surface area contributed by atoms with Gasteiger partial charge in [-0.15, -0.1) is 0 Å². The molecule has 31 heavy (non-hydrogen) atoms. The first-order chi connectivity index (χ1) is 14.5. The summed E-state index contributed by atoms with van der Waals surface area (Å²) < 4.78 is 0. The number of benzene rings is 1. The van der Waals surface area contributed by atoms with Gasteiger partial charge in [0.25, 0.3) is 0 Å². The Morgan fingerprint density at radius 3 is 2.32 bits per heavy atom. The summed E-state index contributed by atoms with van der Waals surface area (Å²) >= 11 is 0. The zero-order valence-electron chi connectivity index (χ0n) is 19.2. The maximum atomic E-state index is 12.3. The van der Waals surface area contributed by atoms with E-state index in [0.29, 0.717) is 31.2 Å². The fraction of sp³-hybridized carbons (Fsp3) is 0.591. The number of carboxylic acid groups (broad SMARTS) is 1. The van der Waals surface area contributed by atoms with Crippen LogP contribution in [0.4, 0.5) is 0 Å². The van der Waals surface area contributed by atoms with E-state index in [0.717, 1.165) is 5.56 Å². The Morgan fingerprint density at radius 2 is 1.84 bits per heavy atom. The molecule has 1 aromatic carbocycles. The minimum absolute atomic E-state index is 0. The molecule has 1 aromatic rings. The van der Waals surface area contributed by atoms with Crippen LogP contribution < -0.4 is 10.5 Å². The first kappa shape index (κ1) is 26.6. The molecule has 0 spiro atoms. The molecule has 0 bridgehead atoms. The first-order valence-corrected chi connectivity index (χ1v) is 10.8. The van der Waals surface area contributed by atoms with Crippen LogP contribution in [0.3, 0.4) is 0 Å². The predicted octanol–water partition coefficient (Wildman–Crippen LogP) is 1.99. The molecule has 174 valence electrons. The highest BCUT2D eigenvalue weighted by atomic mass is 16.4. The van der Waals surface area contributed by atoms with Crippen LogP contribution in [0.1, 0.15) is 47.5 Å². The standard InChI is InChI=1S/C15H20N2O2.C7H16BNO3.H2/c1-11(2)8-13-15(19)17(10-14(18)16-13)9-12-6-4-3-5-7-12;1-5(2)4-6(7(10)11)9-8(3)12;/h3-7,11,13H,8-10H2,1-2H3,(H,16,18);5-6,9,12H,4H2,1-3H3,(H,10,11);1H/t;6-;/m.0./s1. The molecule has 0 aromatic heterocycles. The Labute approximate surface area is 187 Å². The van der Waals surface area contributed by atoms with Crippen molar-refractivity contribution in [3.05, 3.63) is 35.9 Å². The highest BCUT2D eigenvalue weighted by Gasteiger charge is 2.32. The van der Waals surface area contributed by atoms with Gasteiger partial charge in [0, 0.05) is 7.97 Å². The third kappa shape index (κ3) is 10.5. The van der Waals surface area contributed by atoms with Gasteiger partial charge >= 0.3 is 13.0 Å². The Balaban J connectivity index is 0.000000647. The van der Waals surface area contributed by atoms with E-state index in [9.17, 15) is 14.4 Å². The van der Waals surface area contributed by atoms with Crippen LogP contribution in [0.25, 0.3) is 0 Å². The molecule has 1 heterocycles. The van der Waals surface area contributed by atoms with E-state index in [1.807, 2.05) is 44.2 Å². The van der Waals surface area contributed by atoms with Gasteiger partial charge in [-0.05, 0) is 37.1 Å². The van der Waals surface area contributed by atoms with E-state index in [-0.39, 0.29) is 25.8 Å². The Kier molecular flexibility index (Phi) is 11.3. The van der Waals surface area contributed by atoms with Gasteiger partial charge in [-0.3, -0.25) is 14.4 Å². The smallest absolute Gasteiger partial charge is 0.374 e. The molecule has 1 aliphatic rings. The van der Waals surface area contributed by atoms with Crippen molar-refractivity contribution in [3.8, 4) is 0 Å². The molecule has 1 unspecified atom stereocenters. The molecule has 8 nitrogen and oxygen atoms in total. The molecule has 1 saturated heterocycles. The lowest BCUT2D eigenvalue weighted by Gasteiger charge is -2.33. The maximum absolute atomic E-state index is 12.3. The summed E-state index contributed by atoms with van der Waals surface area (Å²) in [5.74, 6) is -0.272. The molecule has 1 fully saturated rings. The molecule has 2 amide bonds. The number of carbonyl (C=O) groups excluding carboxylic acids is 2. The zero-order valence-corrected chi connectivity index (χ0v) is 19.2. The minimum Gasteiger partial charge on any atom is -0.480 e. The van der Waals surface area contributed by atoms with E-state index >= 15 is 0 Å². The lowest BCUT2D eigenvalue weighted by molar-refractivity contribution is -0.145. The van der Waals surface area contributed by atoms with Gasteiger partial charge in [-0.25, -0.2) is 0 Å². The third-order valence-corrected chi connectivity index (χ3v) is 4.65. The molecular weight excluding hydrogens is 397 g/mol. The van der Waals surface area contributed by atoms with Crippen LogP contribution in [-0.2, 0) is 20.9 Å². The number of hydrogen-bond donors (Lipinski definition) is 4. The topological polar surface area (TPSA) is 119 Å². The van der Waals surface area contributed by atoms with Crippen molar-refractivity contribution in [1.82, 2.24) is 15.4 Å². The number of rotatable bonds is 9. The van der Waals surface area contributed by atoms with Crippen LogP contribution in [0.5, 0.6) is 0 Å². The van der Waals surface area contributed by atoms with Crippen LogP contribution in [0.15, 0.2) is 30.3 Å². The Morgan fingerprint density at radius 1 is 1.23 bits per heavy atom. The van der Waals surface area contributed by atoms with Crippen molar-refractivity contribution in [2.75, 3.05) is 6.54 Å². The van der Waals surface area contributed by atoms with Crippen LogP contribution in [0, 0.1) is 11.8 Å². The van der Waals surface area contributed by atoms with Gasteiger partial charge in [0.15, 0.2) is 0 Å². The summed E-state index contributed by atoms with van der Waals surface area (Å²) in [6, 6.07) is 8.74. The van der Waals surface area contributed by atoms with Gasteiger partial charge < -0.3 is 25.6 Å². The summed E-state index contributed by atoms with van der Waals surface area (Å²) in [6.45, 7) is 10.2. The van der Waals surface area contributed by atoms with E-state index in [1.165, 1.54) is 6.82 Å². The molecule has 2 atom stereocenters. The number of nitrogens with one attached hydrogen (secondary N) is 2. The highest BCUT2D eigenvalue weighted by Crippen LogP contribution is 2.14. The lowest BCUT2D eigenvalue weighted by atomic mass is 9.86. The number of carbonyl (C=O) groups is 3. The highest BCUT2D eigenvalue weighted by molar-refractivity contribution is 6.46. The van der Waals surface area contributed by atoms with Gasteiger partial charge in [-0.1, -0.05) is 58.0 Å². The van der Waals surface area contributed by atoms with Crippen molar-refractivity contribution in [3.63, 3.8) is 0 Å². The lowest BCUT2D eigenvalue weighted by Crippen LogP contribution is -2.57. The number of hydrogen-bond acceptors (Lipinski definition) is 5. The van der Waals surface area contributed by atoms with Gasteiger partial charge in [0.05, 0.1) is 12.6 Å². The molecule has 0 radical (unpaired) electrons. The minimum atomic E-state index is -0.912. The summed E-state index contributed by atoms with van der Waals surface area (Å²) in [5.41, 5.74) is 1.05. The van der Waals surface area contributed by atoms with E-state index in [1.54, 1.807) is 4.90 Å².